The summed E-state index contributed by atoms with van der Waals surface area (Å²) in [6, 6.07) is 16.0. The zero-order chi connectivity index (χ0) is 18.0. The third-order valence-corrected chi connectivity index (χ3v) is 5.33. The first-order valence-corrected chi connectivity index (χ1v) is 9.59. The van der Waals surface area contributed by atoms with Crippen molar-refractivity contribution in [1.82, 2.24) is 14.5 Å². The highest BCUT2D eigenvalue weighted by molar-refractivity contribution is 7.89. The monoisotopic (exact) mass is 371 g/mol. The van der Waals surface area contributed by atoms with Crippen LogP contribution in [-0.4, -0.2) is 31.4 Å². The summed E-state index contributed by atoms with van der Waals surface area (Å²) in [5.41, 5.74) is 1.53. The molecule has 0 radical (unpaired) electrons. The number of hydrogen-bond acceptors (Lipinski definition) is 5. The Balaban J connectivity index is 1.48. The lowest BCUT2D eigenvalue weighted by Crippen LogP contribution is -2.24. The van der Waals surface area contributed by atoms with Gasteiger partial charge in [0, 0.05) is 12.3 Å². The number of nitrogens with one attached hydrogen (secondary N) is 1. The topological polar surface area (TPSA) is 82.5 Å². The van der Waals surface area contributed by atoms with Crippen LogP contribution in [-0.2, 0) is 16.6 Å². The van der Waals surface area contributed by atoms with Gasteiger partial charge in [0.05, 0.1) is 22.8 Å². The number of rotatable bonds is 5. The molecule has 0 atom stereocenters. The molecule has 1 N–H and O–H groups in total. The smallest absolute Gasteiger partial charge is 0.241 e. The molecule has 4 rings (SSSR count). The summed E-state index contributed by atoms with van der Waals surface area (Å²) in [5, 5.41) is 4.39. The van der Waals surface area contributed by atoms with Crippen LogP contribution in [0.1, 0.15) is 5.69 Å². The highest BCUT2D eigenvalue weighted by atomic mass is 32.2. The summed E-state index contributed by atoms with van der Waals surface area (Å²) in [4.78, 5) is 0.129. The quantitative estimate of drug-likeness (QED) is 0.743. The van der Waals surface area contributed by atoms with Gasteiger partial charge >= 0.3 is 0 Å². The fourth-order valence-corrected chi connectivity index (χ4v) is 3.64. The van der Waals surface area contributed by atoms with Crippen LogP contribution < -0.4 is 14.2 Å². The van der Waals surface area contributed by atoms with Crippen LogP contribution in [0.25, 0.3) is 5.69 Å². The summed E-state index contributed by atoms with van der Waals surface area (Å²) in [6.07, 6.45) is 1.79. The van der Waals surface area contributed by atoms with Crippen molar-refractivity contribution in [2.75, 3.05) is 13.2 Å². The summed E-state index contributed by atoms with van der Waals surface area (Å²) >= 11 is 0. The van der Waals surface area contributed by atoms with Crippen LogP contribution in [0, 0.1) is 0 Å². The highest BCUT2D eigenvalue weighted by Crippen LogP contribution is 2.32. The molecule has 0 amide bonds. The predicted octanol–water partition coefficient (Wildman–Crippen LogP) is 2.12. The second-order valence-corrected chi connectivity index (χ2v) is 7.48. The minimum absolute atomic E-state index is 0.0939. The average Bonchev–Trinajstić information content (AvgIpc) is 3.16. The molecule has 134 valence electrons. The largest absolute Gasteiger partial charge is 0.486 e. The van der Waals surface area contributed by atoms with Gasteiger partial charge in [-0.3, -0.25) is 0 Å². The van der Waals surface area contributed by atoms with Gasteiger partial charge in [-0.05, 0) is 30.3 Å². The van der Waals surface area contributed by atoms with E-state index in [1.807, 2.05) is 30.3 Å². The van der Waals surface area contributed by atoms with Crippen molar-refractivity contribution in [3.8, 4) is 17.2 Å². The van der Waals surface area contributed by atoms with Gasteiger partial charge in [0.15, 0.2) is 11.5 Å². The van der Waals surface area contributed by atoms with E-state index in [-0.39, 0.29) is 11.4 Å². The summed E-state index contributed by atoms with van der Waals surface area (Å²) in [5.74, 6) is 0.990. The second kappa shape index (κ2) is 6.81. The fourth-order valence-electron chi connectivity index (χ4n) is 2.62. The lowest BCUT2D eigenvalue weighted by Gasteiger charge is -2.18. The van der Waals surface area contributed by atoms with Crippen LogP contribution in [0.4, 0.5) is 0 Å². The Morgan fingerprint density at radius 1 is 1.00 bits per heavy atom. The maximum Gasteiger partial charge on any atom is 0.241 e. The first kappa shape index (κ1) is 16.6. The summed E-state index contributed by atoms with van der Waals surface area (Å²) in [6.45, 7) is 0.957. The van der Waals surface area contributed by atoms with E-state index in [4.69, 9.17) is 9.47 Å². The van der Waals surface area contributed by atoms with Gasteiger partial charge in [0.2, 0.25) is 10.0 Å². The Bertz CT molecular complexity index is 1020. The van der Waals surface area contributed by atoms with Crippen molar-refractivity contribution in [3.05, 3.63) is 66.5 Å². The number of ether oxygens (including phenoxy) is 2. The Kier molecular flexibility index (Phi) is 4.36. The molecule has 2 aromatic carbocycles. The van der Waals surface area contributed by atoms with Crippen LogP contribution in [0.15, 0.2) is 65.7 Å². The molecular weight excluding hydrogens is 354 g/mol. The predicted molar refractivity (Wildman–Crippen MR) is 95.0 cm³/mol. The van der Waals surface area contributed by atoms with Gasteiger partial charge in [-0.2, -0.15) is 5.10 Å². The minimum Gasteiger partial charge on any atom is -0.486 e. The Hall–Kier alpha value is -2.84. The molecule has 7 nitrogen and oxygen atoms in total. The van der Waals surface area contributed by atoms with Gasteiger partial charge in [-0.1, -0.05) is 18.2 Å². The number of fused-ring (bicyclic) bond motifs is 1. The fraction of sp³-hybridized carbons (Fsp3) is 0.167. The molecule has 3 aromatic rings. The molecule has 0 saturated heterocycles. The van der Waals surface area contributed by atoms with E-state index < -0.39 is 10.0 Å². The average molecular weight is 371 g/mol. The van der Waals surface area contributed by atoms with Gasteiger partial charge in [0.25, 0.3) is 0 Å². The summed E-state index contributed by atoms with van der Waals surface area (Å²) in [7, 11) is -3.68. The van der Waals surface area contributed by atoms with Gasteiger partial charge in [-0.25, -0.2) is 17.8 Å². The van der Waals surface area contributed by atoms with Gasteiger partial charge < -0.3 is 9.47 Å². The Labute approximate surface area is 151 Å². The molecule has 1 aliphatic heterocycles. The van der Waals surface area contributed by atoms with Crippen LogP contribution >= 0.6 is 0 Å². The molecule has 0 saturated carbocycles. The van der Waals surface area contributed by atoms with E-state index in [1.165, 1.54) is 12.1 Å². The van der Waals surface area contributed by atoms with Crippen molar-refractivity contribution in [2.24, 2.45) is 0 Å². The normalized spacial score (nSPS) is 13.5. The van der Waals surface area contributed by atoms with E-state index in [2.05, 4.69) is 9.82 Å². The number of aromatic nitrogens is 2. The SMILES string of the molecule is O=S(=O)(NCc1ccn(-c2ccccc2)n1)c1ccc2c(c1)OCCO2. The zero-order valence-corrected chi connectivity index (χ0v) is 14.6. The second-order valence-electron chi connectivity index (χ2n) is 5.72. The van der Waals surface area contributed by atoms with E-state index in [1.54, 1.807) is 23.0 Å². The third-order valence-electron chi connectivity index (χ3n) is 3.93. The van der Waals surface area contributed by atoms with E-state index in [9.17, 15) is 8.42 Å². The Morgan fingerprint density at radius 3 is 2.58 bits per heavy atom. The van der Waals surface area contributed by atoms with Crippen molar-refractivity contribution in [3.63, 3.8) is 0 Å². The number of sulfonamides is 1. The maximum absolute atomic E-state index is 12.5. The maximum atomic E-state index is 12.5. The van der Waals surface area contributed by atoms with Crippen LogP contribution in [0.3, 0.4) is 0 Å². The molecule has 1 aliphatic rings. The Morgan fingerprint density at radius 2 is 1.77 bits per heavy atom. The molecule has 0 unspecified atom stereocenters. The molecule has 8 heteroatoms. The number of nitrogens with zero attached hydrogens (tertiary/aromatic N) is 2. The molecule has 0 fully saturated rings. The molecular formula is C18H17N3O4S. The van der Waals surface area contributed by atoms with E-state index in [0.29, 0.717) is 30.4 Å². The number of para-hydroxylation sites is 1. The van der Waals surface area contributed by atoms with Gasteiger partial charge in [0.1, 0.15) is 13.2 Å². The van der Waals surface area contributed by atoms with Crippen molar-refractivity contribution in [2.45, 2.75) is 11.4 Å². The minimum atomic E-state index is -3.68. The first-order chi connectivity index (χ1) is 12.6. The van der Waals surface area contributed by atoms with Crippen molar-refractivity contribution in [1.29, 1.82) is 0 Å². The third kappa shape index (κ3) is 3.42. The molecule has 2 heterocycles. The zero-order valence-electron chi connectivity index (χ0n) is 13.8. The summed E-state index contributed by atoms with van der Waals surface area (Å²) < 4.78 is 40.2. The van der Waals surface area contributed by atoms with Gasteiger partial charge in [-0.15, -0.1) is 0 Å². The molecule has 0 spiro atoms. The standard InChI is InChI=1S/C18H17N3O4S/c22-26(23,16-6-7-17-18(12-16)25-11-10-24-17)19-13-14-8-9-21(20-14)15-4-2-1-3-5-15/h1-9,12,19H,10-11,13H2. The molecule has 0 bridgehead atoms. The molecule has 26 heavy (non-hydrogen) atoms. The number of hydrogen-bond donors (Lipinski definition) is 1. The first-order valence-electron chi connectivity index (χ1n) is 8.11. The van der Waals surface area contributed by atoms with E-state index >= 15 is 0 Å². The van der Waals surface area contributed by atoms with E-state index in [0.717, 1.165) is 5.69 Å². The highest BCUT2D eigenvalue weighted by Gasteiger charge is 2.19. The van der Waals surface area contributed by atoms with Crippen LogP contribution in [0.2, 0.25) is 0 Å². The van der Waals surface area contributed by atoms with Crippen LogP contribution in [0.5, 0.6) is 11.5 Å². The lowest BCUT2D eigenvalue weighted by molar-refractivity contribution is 0.171. The molecule has 0 aliphatic carbocycles. The lowest BCUT2D eigenvalue weighted by atomic mass is 10.3. The van der Waals surface area contributed by atoms with Crippen molar-refractivity contribution < 1.29 is 17.9 Å². The number of benzene rings is 2. The molecule has 1 aromatic heterocycles. The van der Waals surface area contributed by atoms with Crippen molar-refractivity contribution >= 4 is 10.0 Å².